The Morgan fingerprint density at radius 1 is 1.21 bits per heavy atom. The van der Waals surface area contributed by atoms with E-state index in [1.165, 1.54) is 11.8 Å². The predicted molar refractivity (Wildman–Crippen MR) is 127 cm³/mol. The molecule has 0 aliphatic heterocycles. The first-order valence-electron chi connectivity index (χ1n) is 11.0. The first-order valence-corrected chi connectivity index (χ1v) is 13.6. The maximum atomic E-state index is 13.0. The zero-order valence-corrected chi connectivity index (χ0v) is 21.2. The number of nitrogens with zero attached hydrogens (tertiary/aromatic N) is 1. The second kappa shape index (κ2) is 11.7. The van der Waals surface area contributed by atoms with Crippen LogP contribution in [0.3, 0.4) is 0 Å². The Morgan fingerprint density at radius 2 is 1.85 bits per heavy atom. The second-order valence-corrected chi connectivity index (χ2v) is 12.6. The molecule has 0 aromatic heterocycles. The van der Waals surface area contributed by atoms with Gasteiger partial charge in [0.05, 0.1) is 22.1 Å². The maximum Gasteiger partial charge on any atom is 0.408 e. The van der Waals surface area contributed by atoms with Gasteiger partial charge < -0.3 is 15.4 Å². The Bertz CT molecular complexity index is 965. The minimum absolute atomic E-state index is 0.0743. The van der Waals surface area contributed by atoms with Crippen LogP contribution in [-0.4, -0.2) is 43.7 Å². The van der Waals surface area contributed by atoms with Crippen LogP contribution < -0.4 is 10.6 Å². The van der Waals surface area contributed by atoms with Gasteiger partial charge in [0, 0.05) is 10.8 Å². The molecule has 1 aromatic rings. The number of hydrogen-bond acceptors (Lipinski definition) is 7. The van der Waals surface area contributed by atoms with Gasteiger partial charge in [0.2, 0.25) is 5.91 Å². The lowest BCUT2D eigenvalue weighted by Crippen LogP contribution is -2.39. The van der Waals surface area contributed by atoms with Crippen LogP contribution in [0.5, 0.6) is 0 Å². The molecule has 1 fully saturated rings. The predicted octanol–water partition coefficient (Wildman–Crippen LogP) is 3.87. The number of nitriles is 1. The number of ether oxygens (including phenoxy) is 1. The Hall–Kier alpha value is -2.25. The molecule has 2 N–H and O–H groups in total. The average Bonchev–Trinajstić information content (AvgIpc) is 2.71. The molecule has 2 amide bonds. The van der Waals surface area contributed by atoms with Gasteiger partial charge in [-0.1, -0.05) is 12.8 Å². The molecule has 1 aromatic carbocycles. The Morgan fingerprint density at radius 3 is 2.45 bits per heavy atom. The first-order chi connectivity index (χ1) is 15.4. The second-order valence-electron chi connectivity index (χ2n) is 9.19. The molecule has 0 heterocycles. The lowest BCUT2D eigenvalue weighted by Gasteiger charge is -2.30. The van der Waals surface area contributed by atoms with Crippen molar-refractivity contribution in [2.75, 3.05) is 12.3 Å². The van der Waals surface area contributed by atoms with Crippen LogP contribution in [0.25, 0.3) is 0 Å². The summed E-state index contributed by atoms with van der Waals surface area (Å²) in [5.41, 5.74) is -0.585. The van der Waals surface area contributed by atoms with Gasteiger partial charge in [-0.3, -0.25) is 4.79 Å². The number of hydrogen-bond donors (Lipinski definition) is 2. The van der Waals surface area contributed by atoms with Crippen LogP contribution in [0.15, 0.2) is 34.1 Å². The number of thioether (sulfide) groups is 1. The van der Waals surface area contributed by atoms with E-state index in [0.29, 0.717) is 12.8 Å². The molecule has 33 heavy (non-hydrogen) atoms. The Balaban J connectivity index is 2.00. The van der Waals surface area contributed by atoms with Gasteiger partial charge in [0.1, 0.15) is 12.1 Å². The number of sulfone groups is 1. The van der Waals surface area contributed by atoms with E-state index in [4.69, 9.17) is 10.00 Å². The van der Waals surface area contributed by atoms with Crippen molar-refractivity contribution in [3.8, 4) is 6.07 Å². The highest BCUT2D eigenvalue weighted by molar-refractivity contribution is 7.99. The van der Waals surface area contributed by atoms with Gasteiger partial charge in [0.15, 0.2) is 9.84 Å². The molecule has 1 aliphatic carbocycles. The zero-order chi connectivity index (χ0) is 24.6. The summed E-state index contributed by atoms with van der Waals surface area (Å²) in [6.45, 7) is 7.11. The number of carbonyl (C=O) groups is 2. The third-order valence-corrected chi connectivity index (χ3v) is 8.11. The topological polar surface area (TPSA) is 125 Å². The molecule has 0 radical (unpaired) electrons. The number of benzene rings is 1. The fraction of sp³-hybridized carbons (Fsp3) is 0.609. The Kier molecular flexibility index (Phi) is 9.61. The fourth-order valence-corrected chi connectivity index (χ4v) is 6.38. The van der Waals surface area contributed by atoms with Crippen LogP contribution >= 0.6 is 11.8 Å². The van der Waals surface area contributed by atoms with Crippen molar-refractivity contribution in [3.63, 3.8) is 0 Å². The minimum atomic E-state index is -3.58. The summed E-state index contributed by atoms with van der Waals surface area (Å²) in [7, 11) is -3.58. The van der Waals surface area contributed by atoms with Gasteiger partial charge in [-0.05, 0) is 70.7 Å². The number of nitrogens with one attached hydrogen (secondary N) is 2. The molecule has 3 unspecified atom stereocenters. The lowest BCUT2D eigenvalue weighted by molar-refractivity contribution is -0.127. The average molecular weight is 496 g/mol. The molecule has 0 saturated heterocycles. The van der Waals surface area contributed by atoms with E-state index in [-0.39, 0.29) is 34.4 Å². The van der Waals surface area contributed by atoms with E-state index in [0.717, 1.165) is 17.7 Å². The standard InChI is InChI=1S/C23H33N3O5S2/c1-16(26-22(28)31-23(2,3)4)32-18-9-11-19(12-10-18)33(29,30)15-17-7-5-6-8-20(17)21(27)25-14-13-24/h9-12,16-17,20H,5-8,14-15H2,1-4H3,(H,25,27)(H,26,28). The molecule has 3 atom stereocenters. The van der Waals surface area contributed by atoms with Gasteiger partial charge in [-0.15, -0.1) is 11.8 Å². The van der Waals surface area contributed by atoms with E-state index >= 15 is 0 Å². The van der Waals surface area contributed by atoms with Crippen molar-refractivity contribution in [2.45, 2.75) is 74.1 Å². The molecular weight excluding hydrogens is 462 g/mol. The summed E-state index contributed by atoms with van der Waals surface area (Å²) in [6, 6.07) is 8.43. The van der Waals surface area contributed by atoms with Gasteiger partial charge in [-0.25, -0.2) is 13.2 Å². The summed E-state index contributed by atoms with van der Waals surface area (Å²) in [6.07, 6.45) is 2.56. The normalized spacial score (nSPS) is 19.7. The van der Waals surface area contributed by atoms with Crippen molar-refractivity contribution >= 4 is 33.6 Å². The Labute approximate surface area is 200 Å². The number of amides is 2. The van der Waals surface area contributed by atoms with Gasteiger partial charge >= 0.3 is 6.09 Å². The van der Waals surface area contributed by atoms with E-state index < -0.39 is 27.4 Å². The summed E-state index contributed by atoms with van der Waals surface area (Å²) >= 11 is 1.38. The zero-order valence-electron chi connectivity index (χ0n) is 19.6. The maximum absolute atomic E-state index is 13.0. The molecule has 182 valence electrons. The number of rotatable bonds is 8. The SMILES string of the molecule is CC(NC(=O)OC(C)(C)C)Sc1ccc(S(=O)(=O)CC2CCCCC2C(=O)NCC#N)cc1. The number of alkyl carbamates (subject to hydrolysis) is 1. The highest BCUT2D eigenvalue weighted by atomic mass is 32.2. The fourth-order valence-electron chi connectivity index (χ4n) is 3.82. The van der Waals surface area contributed by atoms with E-state index in [1.54, 1.807) is 45.0 Å². The van der Waals surface area contributed by atoms with Crippen LogP contribution in [0.1, 0.15) is 53.4 Å². The van der Waals surface area contributed by atoms with E-state index in [2.05, 4.69) is 10.6 Å². The molecule has 10 heteroatoms. The molecule has 0 bridgehead atoms. The molecule has 8 nitrogen and oxygen atoms in total. The van der Waals surface area contributed by atoms with Gasteiger partial charge in [-0.2, -0.15) is 5.26 Å². The molecule has 1 saturated carbocycles. The van der Waals surface area contributed by atoms with Crippen molar-refractivity contribution in [1.29, 1.82) is 5.26 Å². The summed E-state index contributed by atoms with van der Waals surface area (Å²) in [5.74, 6) is -0.999. The van der Waals surface area contributed by atoms with Crippen molar-refractivity contribution in [3.05, 3.63) is 24.3 Å². The molecular formula is C23H33N3O5S2. The largest absolute Gasteiger partial charge is 0.444 e. The third kappa shape index (κ3) is 8.89. The van der Waals surface area contributed by atoms with Gasteiger partial charge in [0.25, 0.3) is 0 Å². The highest BCUT2D eigenvalue weighted by Gasteiger charge is 2.34. The number of carbonyl (C=O) groups excluding carboxylic acids is 2. The minimum Gasteiger partial charge on any atom is -0.444 e. The van der Waals surface area contributed by atoms with Crippen LogP contribution in [0.4, 0.5) is 4.79 Å². The van der Waals surface area contributed by atoms with E-state index in [9.17, 15) is 18.0 Å². The summed E-state index contributed by atoms with van der Waals surface area (Å²) in [4.78, 5) is 25.3. The lowest BCUT2D eigenvalue weighted by atomic mass is 9.80. The van der Waals surface area contributed by atoms with Crippen LogP contribution in [0, 0.1) is 23.2 Å². The summed E-state index contributed by atoms with van der Waals surface area (Å²) in [5, 5.41) is 13.7. The molecule has 0 spiro atoms. The van der Waals surface area contributed by atoms with Crippen LogP contribution in [0.2, 0.25) is 0 Å². The highest BCUT2D eigenvalue weighted by Crippen LogP contribution is 2.33. The van der Waals surface area contributed by atoms with Crippen molar-refractivity contribution in [1.82, 2.24) is 10.6 Å². The first kappa shape index (κ1) is 27.0. The van der Waals surface area contributed by atoms with Crippen molar-refractivity contribution in [2.24, 2.45) is 11.8 Å². The quantitative estimate of drug-likeness (QED) is 0.318. The smallest absolute Gasteiger partial charge is 0.408 e. The molecule has 1 aliphatic rings. The monoisotopic (exact) mass is 495 g/mol. The van der Waals surface area contributed by atoms with Crippen LogP contribution in [-0.2, 0) is 19.4 Å². The van der Waals surface area contributed by atoms with Crippen molar-refractivity contribution < 1.29 is 22.7 Å². The summed E-state index contributed by atoms with van der Waals surface area (Å²) < 4.78 is 31.3. The van der Waals surface area contributed by atoms with E-state index in [1.807, 2.05) is 13.0 Å². The third-order valence-electron chi connectivity index (χ3n) is 5.24. The molecule has 2 rings (SSSR count).